The first-order valence-electron chi connectivity index (χ1n) is 17.8. The van der Waals surface area contributed by atoms with Crippen LogP contribution in [0.25, 0.3) is 99.5 Å². The second-order valence-electron chi connectivity index (χ2n) is 13.5. The first-order valence-corrected chi connectivity index (χ1v) is 17.8. The maximum Gasteiger partial charge on any atom is 0.143 e. The van der Waals surface area contributed by atoms with E-state index in [1.165, 1.54) is 0 Å². The Kier molecular flexibility index (Phi) is 7.22. The zero-order chi connectivity index (χ0) is 36.2. The van der Waals surface area contributed by atoms with Crippen molar-refractivity contribution in [3.05, 3.63) is 181 Å². The molecule has 10 rings (SSSR count). The molecule has 2 aromatic heterocycles. The van der Waals surface area contributed by atoms with Crippen LogP contribution >= 0.6 is 0 Å². The Morgan fingerprint density at radius 3 is 1.33 bits per heavy atom. The minimum atomic E-state index is 0.486. The fourth-order valence-electron chi connectivity index (χ4n) is 7.79. The van der Waals surface area contributed by atoms with Crippen molar-refractivity contribution in [3.63, 3.8) is 0 Å². The summed E-state index contributed by atoms with van der Waals surface area (Å²) in [6.07, 6.45) is 0. The number of para-hydroxylation sites is 4. The van der Waals surface area contributed by atoms with Crippen LogP contribution in [-0.2, 0) is 0 Å². The molecule has 0 aliphatic carbocycles. The van der Waals surface area contributed by atoms with Gasteiger partial charge in [-0.05, 0) is 69.8 Å². The van der Waals surface area contributed by atoms with Gasteiger partial charge in [-0.2, -0.15) is 10.5 Å². The zero-order valence-corrected chi connectivity index (χ0v) is 28.9. The van der Waals surface area contributed by atoms with Crippen molar-refractivity contribution in [1.29, 1.82) is 10.5 Å². The van der Waals surface area contributed by atoms with Crippen LogP contribution in [-0.4, -0.2) is 0 Å². The summed E-state index contributed by atoms with van der Waals surface area (Å²) < 4.78 is 12.7. The normalized spacial score (nSPS) is 11.3. The molecule has 8 aromatic carbocycles. The van der Waals surface area contributed by atoms with Gasteiger partial charge in [0, 0.05) is 43.8 Å². The van der Waals surface area contributed by atoms with Gasteiger partial charge in [-0.25, -0.2) is 0 Å². The largest absolute Gasteiger partial charge is 0.455 e. The molecule has 0 spiro atoms. The van der Waals surface area contributed by atoms with Gasteiger partial charge < -0.3 is 8.83 Å². The maximum absolute atomic E-state index is 10.6. The first kappa shape index (κ1) is 31.1. The van der Waals surface area contributed by atoms with E-state index in [2.05, 4.69) is 103 Å². The van der Waals surface area contributed by atoms with Gasteiger partial charge in [0.1, 0.15) is 28.4 Å². The molecule has 4 heteroatoms. The van der Waals surface area contributed by atoms with E-state index >= 15 is 0 Å². The van der Waals surface area contributed by atoms with E-state index < -0.39 is 0 Å². The summed E-state index contributed by atoms with van der Waals surface area (Å²) in [5, 5.41) is 25.1. The number of rotatable bonds is 5. The van der Waals surface area contributed by atoms with E-state index in [-0.39, 0.29) is 0 Å². The number of nitrogens with zero attached hydrogens (tertiary/aromatic N) is 2. The van der Waals surface area contributed by atoms with Gasteiger partial charge in [-0.15, -0.1) is 0 Å². The second-order valence-corrected chi connectivity index (χ2v) is 13.5. The average molecular weight is 689 g/mol. The number of hydrogen-bond acceptors (Lipinski definition) is 4. The predicted molar refractivity (Wildman–Crippen MR) is 218 cm³/mol. The Labute approximate surface area is 311 Å². The highest BCUT2D eigenvalue weighted by Crippen LogP contribution is 2.40. The summed E-state index contributed by atoms with van der Waals surface area (Å²) in [5.41, 5.74) is 13.7. The second kappa shape index (κ2) is 12.5. The molecule has 0 radical (unpaired) electrons. The molecule has 0 unspecified atom stereocenters. The van der Waals surface area contributed by atoms with Gasteiger partial charge >= 0.3 is 0 Å². The number of furan rings is 2. The van der Waals surface area contributed by atoms with E-state index in [9.17, 15) is 10.5 Å². The molecule has 0 saturated heterocycles. The Bertz CT molecular complexity index is 3190. The van der Waals surface area contributed by atoms with Crippen molar-refractivity contribution in [2.45, 2.75) is 0 Å². The van der Waals surface area contributed by atoms with E-state index in [1.807, 2.05) is 78.9 Å². The van der Waals surface area contributed by atoms with E-state index in [4.69, 9.17) is 8.83 Å². The highest BCUT2D eigenvalue weighted by atomic mass is 16.3. The highest BCUT2D eigenvalue weighted by Gasteiger charge is 2.18. The molecule has 0 bridgehead atoms. The zero-order valence-electron chi connectivity index (χ0n) is 28.9. The van der Waals surface area contributed by atoms with E-state index in [1.54, 1.807) is 0 Å². The molecule has 250 valence electrons. The summed E-state index contributed by atoms with van der Waals surface area (Å²) >= 11 is 0. The Hall–Kier alpha value is -7.66. The third-order valence-corrected chi connectivity index (χ3v) is 10.4. The molecular formula is C50H28N2O2. The maximum atomic E-state index is 10.6. The lowest BCUT2D eigenvalue weighted by Gasteiger charge is -2.13. The Morgan fingerprint density at radius 1 is 0.333 bits per heavy atom. The molecule has 0 N–H and O–H groups in total. The minimum absolute atomic E-state index is 0.486. The lowest BCUT2D eigenvalue weighted by atomic mass is 9.88. The third-order valence-electron chi connectivity index (χ3n) is 10.4. The van der Waals surface area contributed by atoms with Crippen molar-refractivity contribution in [1.82, 2.24) is 0 Å². The third kappa shape index (κ3) is 5.06. The fourth-order valence-corrected chi connectivity index (χ4v) is 7.79. The molecule has 0 atom stereocenters. The van der Waals surface area contributed by atoms with Crippen molar-refractivity contribution < 1.29 is 8.83 Å². The smallest absolute Gasteiger partial charge is 0.143 e. The highest BCUT2D eigenvalue weighted by molar-refractivity contribution is 6.10. The van der Waals surface area contributed by atoms with Crippen LogP contribution in [0.4, 0.5) is 0 Å². The molecule has 0 aliphatic rings. The quantitative estimate of drug-likeness (QED) is 0.180. The first-order chi connectivity index (χ1) is 26.7. The lowest BCUT2D eigenvalue weighted by molar-refractivity contribution is 0.669. The van der Waals surface area contributed by atoms with Crippen molar-refractivity contribution >= 4 is 43.9 Å². The van der Waals surface area contributed by atoms with Crippen LogP contribution in [0, 0.1) is 22.7 Å². The van der Waals surface area contributed by atoms with Crippen molar-refractivity contribution in [3.8, 4) is 67.8 Å². The average Bonchev–Trinajstić information content (AvgIpc) is 3.82. The summed E-state index contributed by atoms with van der Waals surface area (Å²) in [5.74, 6) is 0. The van der Waals surface area contributed by atoms with Gasteiger partial charge in [0.25, 0.3) is 0 Å². The monoisotopic (exact) mass is 688 g/mol. The van der Waals surface area contributed by atoms with Crippen LogP contribution in [0.15, 0.2) is 179 Å². The summed E-state index contributed by atoms with van der Waals surface area (Å²) in [6.45, 7) is 0. The van der Waals surface area contributed by atoms with Gasteiger partial charge in [-0.1, -0.05) is 133 Å². The number of fused-ring (bicyclic) bond motifs is 6. The summed E-state index contributed by atoms with van der Waals surface area (Å²) in [4.78, 5) is 0. The van der Waals surface area contributed by atoms with Crippen LogP contribution in [0.5, 0.6) is 0 Å². The molecule has 54 heavy (non-hydrogen) atoms. The van der Waals surface area contributed by atoms with Crippen LogP contribution in [0.2, 0.25) is 0 Å². The molecule has 0 fully saturated rings. The van der Waals surface area contributed by atoms with Crippen LogP contribution in [0.1, 0.15) is 11.1 Å². The standard InChI is InChI=1S/C50H28N2O2/c51-29-31-25-44(46(30-52)45(26-31)37-12-6-11-36(28-37)39-16-8-18-43-41-14-2-4-20-48(41)54-50(39)43)33-23-21-32(22-24-33)34-9-5-10-35(27-34)38-15-7-17-42-40-13-1-3-19-47(40)53-49(38)42/h1-28H. The van der Waals surface area contributed by atoms with Crippen molar-refractivity contribution in [2.75, 3.05) is 0 Å². The SMILES string of the molecule is N#Cc1cc(-c2ccc(-c3cccc(-c4cccc5c4oc4ccccc45)c3)cc2)c(C#N)c(-c2cccc(-c3cccc4c3oc3ccccc34)c2)c1. The molecule has 0 amide bonds. The molecule has 4 nitrogen and oxygen atoms in total. The Balaban J connectivity index is 1.02. The number of benzene rings is 8. The van der Waals surface area contributed by atoms with Crippen molar-refractivity contribution in [2.24, 2.45) is 0 Å². The Morgan fingerprint density at radius 2 is 0.778 bits per heavy atom. The molecular weight excluding hydrogens is 661 g/mol. The minimum Gasteiger partial charge on any atom is -0.455 e. The number of hydrogen-bond donors (Lipinski definition) is 0. The molecule has 0 saturated carbocycles. The van der Waals surface area contributed by atoms with E-state index in [0.29, 0.717) is 22.3 Å². The van der Waals surface area contributed by atoms with Gasteiger partial charge in [0.2, 0.25) is 0 Å². The molecule has 0 aliphatic heterocycles. The van der Waals surface area contributed by atoms with Gasteiger partial charge in [-0.3, -0.25) is 0 Å². The van der Waals surface area contributed by atoms with Gasteiger partial charge in [0.15, 0.2) is 0 Å². The van der Waals surface area contributed by atoms with E-state index in [0.717, 1.165) is 88.4 Å². The molecule has 10 aromatic rings. The topological polar surface area (TPSA) is 73.9 Å². The fraction of sp³-hybridized carbons (Fsp3) is 0. The summed E-state index contributed by atoms with van der Waals surface area (Å²) in [7, 11) is 0. The number of nitriles is 2. The van der Waals surface area contributed by atoms with Crippen LogP contribution < -0.4 is 0 Å². The molecule has 2 heterocycles. The van der Waals surface area contributed by atoms with Gasteiger partial charge in [0.05, 0.1) is 17.2 Å². The predicted octanol–water partition coefficient (Wildman–Crippen LogP) is 13.6. The summed E-state index contributed by atoms with van der Waals surface area (Å²) in [6, 6.07) is 61.9. The van der Waals surface area contributed by atoms with Crippen LogP contribution in [0.3, 0.4) is 0 Å². The lowest BCUT2D eigenvalue weighted by Crippen LogP contribution is -1.93.